The van der Waals surface area contributed by atoms with Crippen molar-refractivity contribution in [3.63, 3.8) is 0 Å². The summed E-state index contributed by atoms with van der Waals surface area (Å²) in [4.78, 5) is 4.59. The maximum absolute atomic E-state index is 4.59. The van der Waals surface area contributed by atoms with Crippen molar-refractivity contribution in [3.05, 3.63) is 107 Å². The molecule has 0 heterocycles. The third-order valence-electron chi connectivity index (χ3n) is 7.07. The summed E-state index contributed by atoms with van der Waals surface area (Å²) < 4.78 is 0. The van der Waals surface area contributed by atoms with Gasteiger partial charge in [-0.2, -0.15) is 0 Å². The van der Waals surface area contributed by atoms with Gasteiger partial charge in [-0.1, -0.05) is 55.1 Å². The topological polar surface area (TPSA) is 24.4 Å². The molecule has 0 amide bonds. The Morgan fingerprint density at radius 1 is 0.970 bits per heavy atom. The summed E-state index contributed by atoms with van der Waals surface area (Å²) in [5.74, 6) is 0. The highest BCUT2D eigenvalue weighted by molar-refractivity contribution is 5.80. The second-order valence-electron chi connectivity index (χ2n) is 9.60. The molecule has 170 valence electrons. The van der Waals surface area contributed by atoms with Crippen LogP contribution >= 0.6 is 0 Å². The van der Waals surface area contributed by atoms with Crippen LogP contribution in [0.3, 0.4) is 0 Å². The van der Waals surface area contributed by atoms with E-state index in [-0.39, 0.29) is 5.41 Å². The minimum absolute atomic E-state index is 0.0626. The smallest absolute Gasteiger partial charge is 0.0447 e. The largest absolute Gasteiger partial charge is 0.362 e. The molecule has 33 heavy (non-hydrogen) atoms. The zero-order valence-electron chi connectivity index (χ0n) is 20.6. The molecule has 4 rings (SSSR count). The first-order valence-electron chi connectivity index (χ1n) is 12.1. The molecule has 0 radical (unpaired) electrons. The van der Waals surface area contributed by atoms with Crippen molar-refractivity contribution in [1.29, 1.82) is 0 Å². The molecule has 0 bridgehead atoms. The Hall–Kier alpha value is -3.13. The SMILES string of the molecule is C=C(C)c1cccc(C(/C=C(\C)NC(=C)C2(c3ccc4c(c3)CCC4)CC2)=C(C)/N=C\C)c1. The molecule has 0 atom stereocenters. The minimum atomic E-state index is 0.0626. The number of benzene rings is 2. The van der Waals surface area contributed by atoms with E-state index in [9.17, 15) is 0 Å². The van der Waals surface area contributed by atoms with Gasteiger partial charge < -0.3 is 5.32 Å². The molecule has 0 aromatic heterocycles. The summed E-state index contributed by atoms with van der Waals surface area (Å²) in [5, 5.41) is 3.65. The summed E-state index contributed by atoms with van der Waals surface area (Å²) in [6, 6.07) is 15.6. The lowest BCUT2D eigenvalue weighted by molar-refractivity contribution is 0.739. The van der Waals surface area contributed by atoms with Crippen LogP contribution in [0.15, 0.2) is 83.8 Å². The lowest BCUT2D eigenvalue weighted by atomic mass is 9.90. The van der Waals surface area contributed by atoms with E-state index in [1.165, 1.54) is 36.0 Å². The molecule has 1 N–H and O–H groups in total. The third-order valence-corrected chi connectivity index (χ3v) is 7.07. The van der Waals surface area contributed by atoms with Gasteiger partial charge in [-0.25, -0.2) is 0 Å². The number of aryl methyl sites for hydroxylation is 2. The molecule has 0 spiro atoms. The van der Waals surface area contributed by atoms with Gasteiger partial charge in [-0.3, -0.25) is 4.99 Å². The second kappa shape index (κ2) is 9.39. The lowest BCUT2D eigenvalue weighted by Gasteiger charge is -2.22. The zero-order chi connectivity index (χ0) is 23.6. The summed E-state index contributed by atoms with van der Waals surface area (Å²) in [7, 11) is 0. The van der Waals surface area contributed by atoms with Crippen molar-refractivity contribution < 1.29 is 0 Å². The maximum Gasteiger partial charge on any atom is 0.0447 e. The molecular weight excluding hydrogens is 400 g/mol. The Kier molecular flexibility index (Phi) is 6.56. The van der Waals surface area contributed by atoms with E-state index in [4.69, 9.17) is 0 Å². The molecule has 0 saturated heterocycles. The van der Waals surface area contributed by atoms with Crippen LogP contribution in [0.5, 0.6) is 0 Å². The second-order valence-corrected chi connectivity index (χ2v) is 9.60. The predicted octanol–water partition coefficient (Wildman–Crippen LogP) is 7.77. The average molecular weight is 437 g/mol. The summed E-state index contributed by atoms with van der Waals surface area (Å²) in [6.07, 6.45) is 10.1. The Balaban J connectivity index is 1.60. The predicted molar refractivity (Wildman–Crippen MR) is 143 cm³/mol. The van der Waals surface area contributed by atoms with Gasteiger partial charge in [0.2, 0.25) is 0 Å². The van der Waals surface area contributed by atoms with Crippen molar-refractivity contribution in [2.24, 2.45) is 4.99 Å². The van der Waals surface area contributed by atoms with Gasteiger partial charge in [0.05, 0.1) is 0 Å². The van der Waals surface area contributed by atoms with E-state index in [0.29, 0.717) is 0 Å². The van der Waals surface area contributed by atoms with Crippen molar-refractivity contribution in [2.75, 3.05) is 0 Å². The molecule has 1 fully saturated rings. The fourth-order valence-electron chi connectivity index (χ4n) is 4.98. The van der Waals surface area contributed by atoms with Crippen LogP contribution in [0.2, 0.25) is 0 Å². The highest BCUT2D eigenvalue weighted by atomic mass is 14.9. The van der Waals surface area contributed by atoms with Crippen LogP contribution < -0.4 is 5.32 Å². The molecule has 2 aliphatic carbocycles. The lowest BCUT2D eigenvalue weighted by Crippen LogP contribution is -2.22. The van der Waals surface area contributed by atoms with Gasteiger partial charge in [0.25, 0.3) is 0 Å². The van der Waals surface area contributed by atoms with E-state index in [2.05, 4.69) is 85.9 Å². The van der Waals surface area contributed by atoms with Crippen LogP contribution in [-0.4, -0.2) is 6.21 Å². The van der Waals surface area contributed by atoms with E-state index < -0.39 is 0 Å². The zero-order valence-corrected chi connectivity index (χ0v) is 20.6. The number of hydrogen-bond donors (Lipinski definition) is 1. The van der Waals surface area contributed by atoms with Gasteiger partial charge in [-0.05, 0) is 99.8 Å². The number of nitrogens with zero attached hydrogens (tertiary/aromatic N) is 1. The molecule has 2 heteroatoms. The molecule has 0 unspecified atom stereocenters. The van der Waals surface area contributed by atoms with E-state index in [0.717, 1.165) is 52.2 Å². The van der Waals surface area contributed by atoms with E-state index in [1.54, 1.807) is 0 Å². The first kappa shape index (κ1) is 23.0. The highest BCUT2D eigenvalue weighted by Crippen LogP contribution is 2.53. The minimum Gasteiger partial charge on any atom is -0.362 e. The number of allylic oxidation sites excluding steroid dienone is 6. The number of rotatable bonds is 8. The van der Waals surface area contributed by atoms with Gasteiger partial charge in [0, 0.05) is 34.3 Å². The monoisotopic (exact) mass is 436 g/mol. The van der Waals surface area contributed by atoms with Crippen molar-refractivity contribution in [3.8, 4) is 0 Å². The molecule has 0 aliphatic heterocycles. The number of nitrogens with one attached hydrogen (secondary N) is 1. The normalized spacial score (nSPS) is 17.5. The highest BCUT2D eigenvalue weighted by Gasteiger charge is 2.47. The fourth-order valence-corrected chi connectivity index (χ4v) is 4.98. The Morgan fingerprint density at radius 3 is 2.39 bits per heavy atom. The number of aliphatic imine (C=N–C) groups is 1. The molecule has 2 aliphatic rings. The van der Waals surface area contributed by atoms with Crippen LogP contribution in [0.1, 0.15) is 74.8 Å². The van der Waals surface area contributed by atoms with E-state index in [1.807, 2.05) is 20.1 Å². The molecular formula is C31H36N2. The Labute approximate surface area is 199 Å². The molecule has 2 aromatic rings. The van der Waals surface area contributed by atoms with Crippen LogP contribution in [0, 0.1) is 0 Å². The summed E-state index contributed by atoms with van der Waals surface area (Å²) in [5.41, 5.74) is 12.2. The first-order chi connectivity index (χ1) is 15.8. The number of fused-ring (bicyclic) bond motifs is 1. The van der Waals surface area contributed by atoms with Crippen LogP contribution in [-0.2, 0) is 18.3 Å². The quantitative estimate of drug-likeness (QED) is 0.332. The molecule has 2 nitrogen and oxygen atoms in total. The van der Waals surface area contributed by atoms with Crippen LogP contribution in [0.25, 0.3) is 11.1 Å². The third kappa shape index (κ3) is 4.80. The van der Waals surface area contributed by atoms with Crippen molar-refractivity contribution in [2.45, 2.75) is 65.2 Å². The van der Waals surface area contributed by atoms with Crippen LogP contribution in [0.4, 0.5) is 0 Å². The fraction of sp³-hybridized carbons (Fsp3) is 0.323. The number of hydrogen-bond acceptors (Lipinski definition) is 2. The van der Waals surface area contributed by atoms with Crippen molar-refractivity contribution in [1.82, 2.24) is 5.32 Å². The summed E-state index contributed by atoms with van der Waals surface area (Å²) in [6.45, 7) is 16.8. The Morgan fingerprint density at radius 2 is 1.70 bits per heavy atom. The standard InChI is InChI=1S/C31H36N2/c1-7-32-23(5)30(28-13-9-11-26(19-28)21(2)3)18-22(4)33-24(6)31(16-17-31)29-15-14-25-10-8-12-27(25)20-29/h7,9,11,13-15,18-20,33H,2,6,8,10,12,16-17H2,1,3-5H3/b22-18+,30-23+,32-7-. The average Bonchev–Trinajstić information content (AvgIpc) is 3.48. The van der Waals surface area contributed by atoms with Gasteiger partial charge in [0.15, 0.2) is 0 Å². The van der Waals surface area contributed by atoms with Crippen molar-refractivity contribution >= 4 is 17.4 Å². The summed E-state index contributed by atoms with van der Waals surface area (Å²) >= 11 is 0. The Bertz CT molecular complexity index is 1190. The van der Waals surface area contributed by atoms with Gasteiger partial charge in [-0.15, -0.1) is 0 Å². The molecule has 2 aromatic carbocycles. The van der Waals surface area contributed by atoms with Gasteiger partial charge in [0.1, 0.15) is 0 Å². The maximum atomic E-state index is 4.59. The van der Waals surface area contributed by atoms with Gasteiger partial charge >= 0.3 is 0 Å². The first-order valence-corrected chi connectivity index (χ1v) is 12.1. The van der Waals surface area contributed by atoms with E-state index >= 15 is 0 Å². The molecule has 1 saturated carbocycles.